The Labute approximate surface area is 169 Å². The minimum Gasteiger partial charge on any atom is -0.460 e. The summed E-state index contributed by atoms with van der Waals surface area (Å²) in [4.78, 5) is 31.8. The van der Waals surface area contributed by atoms with Crippen molar-refractivity contribution in [2.75, 3.05) is 24.5 Å². The Balaban J connectivity index is 1.45. The van der Waals surface area contributed by atoms with Gasteiger partial charge in [0.05, 0.1) is 11.1 Å². The maximum absolute atomic E-state index is 12.9. The van der Waals surface area contributed by atoms with E-state index in [2.05, 4.69) is 10.2 Å². The molecule has 1 fully saturated rings. The van der Waals surface area contributed by atoms with Crippen molar-refractivity contribution in [1.82, 2.24) is 10.3 Å². The summed E-state index contributed by atoms with van der Waals surface area (Å²) in [5.74, 6) is -0.114. The molecule has 1 aliphatic heterocycles. The highest BCUT2D eigenvalue weighted by molar-refractivity contribution is 6.03. The van der Waals surface area contributed by atoms with Crippen LogP contribution in [-0.2, 0) is 16.1 Å². The quantitative estimate of drug-likeness (QED) is 0.655. The molecule has 29 heavy (non-hydrogen) atoms. The van der Waals surface area contributed by atoms with Crippen molar-refractivity contribution in [2.24, 2.45) is 0 Å². The van der Waals surface area contributed by atoms with Crippen LogP contribution in [0.2, 0.25) is 0 Å². The highest BCUT2D eigenvalue weighted by atomic mass is 16.5. The van der Waals surface area contributed by atoms with Crippen molar-refractivity contribution in [3.05, 3.63) is 71.8 Å². The maximum Gasteiger partial charge on any atom is 0.325 e. The van der Waals surface area contributed by atoms with Crippen molar-refractivity contribution in [2.45, 2.75) is 19.4 Å². The minimum atomic E-state index is -0.473. The number of pyridine rings is 1. The molecule has 0 atom stereocenters. The number of ether oxygens (including phenoxy) is 1. The molecule has 3 aromatic rings. The van der Waals surface area contributed by atoms with Crippen LogP contribution >= 0.6 is 0 Å². The van der Waals surface area contributed by atoms with Crippen LogP contribution in [0.4, 0.5) is 5.82 Å². The molecule has 6 nitrogen and oxygen atoms in total. The summed E-state index contributed by atoms with van der Waals surface area (Å²) in [7, 11) is 0. The van der Waals surface area contributed by atoms with Crippen LogP contribution in [0.25, 0.3) is 10.9 Å². The van der Waals surface area contributed by atoms with Gasteiger partial charge in [0.15, 0.2) is 0 Å². The Morgan fingerprint density at radius 3 is 2.52 bits per heavy atom. The first-order chi connectivity index (χ1) is 14.2. The van der Waals surface area contributed by atoms with Gasteiger partial charge in [-0.25, -0.2) is 4.98 Å². The fourth-order valence-corrected chi connectivity index (χ4v) is 3.48. The first-order valence-electron chi connectivity index (χ1n) is 9.83. The third kappa shape index (κ3) is 4.54. The van der Waals surface area contributed by atoms with Crippen LogP contribution < -0.4 is 10.2 Å². The number of para-hydroxylation sites is 1. The number of nitrogens with zero attached hydrogens (tertiary/aromatic N) is 2. The highest BCUT2D eigenvalue weighted by Crippen LogP contribution is 2.26. The number of carbonyl (C=O) groups excluding carboxylic acids is 2. The zero-order chi connectivity index (χ0) is 20.1. The molecular formula is C23H23N3O3. The van der Waals surface area contributed by atoms with E-state index in [9.17, 15) is 9.59 Å². The van der Waals surface area contributed by atoms with Gasteiger partial charge < -0.3 is 15.0 Å². The van der Waals surface area contributed by atoms with Crippen molar-refractivity contribution in [1.29, 1.82) is 0 Å². The molecular weight excluding hydrogens is 366 g/mol. The van der Waals surface area contributed by atoms with Gasteiger partial charge in [-0.2, -0.15) is 0 Å². The van der Waals surface area contributed by atoms with Gasteiger partial charge >= 0.3 is 5.97 Å². The molecule has 0 spiro atoms. The van der Waals surface area contributed by atoms with E-state index in [1.807, 2.05) is 60.7 Å². The largest absolute Gasteiger partial charge is 0.460 e. The fraction of sp³-hybridized carbons (Fsp3) is 0.261. The molecule has 1 aliphatic rings. The van der Waals surface area contributed by atoms with E-state index in [1.165, 1.54) is 0 Å². The predicted molar refractivity (Wildman–Crippen MR) is 112 cm³/mol. The third-order valence-corrected chi connectivity index (χ3v) is 4.99. The lowest BCUT2D eigenvalue weighted by Gasteiger charge is -2.20. The number of anilines is 1. The van der Waals surface area contributed by atoms with E-state index >= 15 is 0 Å². The number of aromatic nitrogens is 1. The first-order valence-corrected chi connectivity index (χ1v) is 9.83. The number of hydrogen-bond donors (Lipinski definition) is 1. The van der Waals surface area contributed by atoms with E-state index in [1.54, 1.807) is 0 Å². The second-order valence-corrected chi connectivity index (χ2v) is 7.08. The molecule has 2 aromatic carbocycles. The van der Waals surface area contributed by atoms with Crippen LogP contribution in [0.5, 0.6) is 0 Å². The number of amides is 1. The van der Waals surface area contributed by atoms with Gasteiger partial charge in [-0.1, -0.05) is 48.5 Å². The Kier molecular flexibility index (Phi) is 5.70. The summed E-state index contributed by atoms with van der Waals surface area (Å²) in [5, 5.41) is 3.58. The van der Waals surface area contributed by atoms with E-state index in [-0.39, 0.29) is 19.1 Å². The molecule has 0 radical (unpaired) electrons. The van der Waals surface area contributed by atoms with E-state index in [0.29, 0.717) is 11.4 Å². The van der Waals surface area contributed by atoms with Crippen LogP contribution in [0.3, 0.4) is 0 Å². The molecule has 1 saturated heterocycles. The number of nitrogens with one attached hydrogen (secondary N) is 1. The summed E-state index contributed by atoms with van der Waals surface area (Å²) in [6, 6.07) is 19.0. The standard InChI is InChI=1S/C23H23N3O3/c27-21(29-16-17-8-2-1-3-9-17)15-24-23(28)19-14-18-10-4-5-11-20(18)25-22(19)26-12-6-7-13-26/h1-5,8-11,14H,6-7,12-13,15-16H2,(H,24,28). The number of benzene rings is 2. The van der Waals surface area contributed by atoms with Crippen LogP contribution in [0.15, 0.2) is 60.7 Å². The molecule has 1 N–H and O–H groups in total. The molecule has 1 amide bonds. The maximum atomic E-state index is 12.9. The molecule has 0 aliphatic carbocycles. The third-order valence-electron chi connectivity index (χ3n) is 4.99. The number of hydrogen-bond acceptors (Lipinski definition) is 5. The van der Waals surface area contributed by atoms with Gasteiger partial charge in [0.2, 0.25) is 0 Å². The van der Waals surface area contributed by atoms with Gasteiger partial charge in [0, 0.05) is 18.5 Å². The lowest BCUT2D eigenvalue weighted by Crippen LogP contribution is -2.32. The number of rotatable bonds is 6. The van der Waals surface area contributed by atoms with Gasteiger partial charge in [-0.3, -0.25) is 9.59 Å². The lowest BCUT2D eigenvalue weighted by molar-refractivity contribution is -0.143. The smallest absolute Gasteiger partial charge is 0.325 e. The lowest BCUT2D eigenvalue weighted by atomic mass is 10.1. The molecule has 148 valence electrons. The average molecular weight is 389 g/mol. The van der Waals surface area contributed by atoms with Crippen LogP contribution in [0.1, 0.15) is 28.8 Å². The molecule has 6 heteroatoms. The summed E-state index contributed by atoms with van der Waals surface area (Å²) < 4.78 is 5.23. The minimum absolute atomic E-state index is 0.183. The van der Waals surface area contributed by atoms with Crippen molar-refractivity contribution in [3.63, 3.8) is 0 Å². The number of carbonyl (C=O) groups is 2. The number of esters is 1. The van der Waals surface area contributed by atoms with Crippen LogP contribution in [-0.4, -0.2) is 36.5 Å². The Morgan fingerprint density at radius 2 is 1.72 bits per heavy atom. The van der Waals surface area contributed by atoms with Crippen molar-refractivity contribution >= 4 is 28.6 Å². The van der Waals surface area contributed by atoms with E-state index < -0.39 is 5.97 Å². The van der Waals surface area contributed by atoms with Crippen molar-refractivity contribution in [3.8, 4) is 0 Å². The molecule has 0 saturated carbocycles. The summed E-state index contributed by atoms with van der Waals surface area (Å²) in [5.41, 5.74) is 2.25. The van der Waals surface area contributed by atoms with Gasteiger partial charge in [-0.05, 0) is 30.5 Å². The van der Waals surface area contributed by atoms with Crippen molar-refractivity contribution < 1.29 is 14.3 Å². The molecule has 1 aromatic heterocycles. The molecule has 2 heterocycles. The zero-order valence-corrected chi connectivity index (χ0v) is 16.1. The van der Waals surface area contributed by atoms with Gasteiger partial charge in [0.25, 0.3) is 5.91 Å². The highest BCUT2D eigenvalue weighted by Gasteiger charge is 2.22. The SMILES string of the molecule is O=C(CNC(=O)c1cc2ccccc2nc1N1CCCC1)OCc1ccccc1. The fourth-order valence-electron chi connectivity index (χ4n) is 3.48. The Hall–Kier alpha value is -3.41. The summed E-state index contributed by atoms with van der Waals surface area (Å²) >= 11 is 0. The second kappa shape index (κ2) is 8.73. The second-order valence-electron chi connectivity index (χ2n) is 7.08. The molecule has 4 rings (SSSR count). The first kappa shape index (κ1) is 18.9. The van der Waals surface area contributed by atoms with Gasteiger partial charge in [-0.15, -0.1) is 0 Å². The van der Waals surface area contributed by atoms with Gasteiger partial charge in [0.1, 0.15) is 19.0 Å². The Bertz CT molecular complexity index is 1010. The number of fused-ring (bicyclic) bond motifs is 1. The molecule has 0 bridgehead atoms. The molecule has 0 unspecified atom stereocenters. The average Bonchev–Trinajstić information content (AvgIpc) is 3.30. The van der Waals surface area contributed by atoms with E-state index in [4.69, 9.17) is 9.72 Å². The Morgan fingerprint density at radius 1 is 1.00 bits per heavy atom. The predicted octanol–water partition coefficient (Wildman–Crippen LogP) is 3.31. The monoisotopic (exact) mass is 389 g/mol. The normalized spacial score (nSPS) is 13.4. The topological polar surface area (TPSA) is 71.5 Å². The van der Waals surface area contributed by atoms with E-state index in [0.717, 1.165) is 42.4 Å². The summed E-state index contributed by atoms with van der Waals surface area (Å²) in [6.07, 6.45) is 2.17. The van der Waals surface area contributed by atoms with Crippen LogP contribution in [0, 0.1) is 0 Å². The summed E-state index contributed by atoms with van der Waals surface area (Å²) in [6.45, 7) is 1.76. The zero-order valence-electron chi connectivity index (χ0n) is 16.1.